The molecule has 3 amide bonds. The highest BCUT2D eigenvalue weighted by atomic mass is 16.5. The Morgan fingerprint density at radius 1 is 1.16 bits per heavy atom. The van der Waals surface area contributed by atoms with Gasteiger partial charge in [0.25, 0.3) is 5.91 Å². The van der Waals surface area contributed by atoms with Gasteiger partial charge in [-0.1, -0.05) is 18.2 Å². The molecule has 0 fully saturated rings. The third-order valence-electron chi connectivity index (χ3n) is 4.68. The van der Waals surface area contributed by atoms with Crippen molar-refractivity contribution in [3.05, 3.63) is 64.9 Å². The number of carbonyl (C=O) groups is 2. The van der Waals surface area contributed by atoms with Gasteiger partial charge in [0.05, 0.1) is 18.2 Å². The SMILES string of the molecule is CCOc1cc(C2NC(=O)NC(C)=C2C(=O)Nc2cccc(C)c2)ccc1OCC#N. The smallest absolute Gasteiger partial charge is 0.319 e. The highest BCUT2D eigenvalue weighted by molar-refractivity contribution is 6.06. The minimum atomic E-state index is -0.692. The van der Waals surface area contributed by atoms with E-state index in [9.17, 15) is 9.59 Å². The third kappa shape index (κ3) is 5.14. The van der Waals surface area contributed by atoms with Crippen LogP contribution >= 0.6 is 0 Å². The first kappa shape index (κ1) is 21.7. The van der Waals surface area contributed by atoms with E-state index in [1.807, 2.05) is 38.1 Å². The lowest BCUT2D eigenvalue weighted by Gasteiger charge is -2.29. The van der Waals surface area contributed by atoms with Gasteiger partial charge < -0.3 is 25.4 Å². The maximum Gasteiger partial charge on any atom is 0.319 e. The summed E-state index contributed by atoms with van der Waals surface area (Å²) in [5, 5.41) is 17.1. The van der Waals surface area contributed by atoms with E-state index in [0.717, 1.165) is 5.56 Å². The van der Waals surface area contributed by atoms with Crippen molar-refractivity contribution in [2.75, 3.05) is 18.5 Å². The maximum atomic E-state index is 13.1. The van der Waals surface area contributed by atoms with Crippen LogP contribution in [0.25, 0.3) is 0 Å². The summed E-state index contributed by atoms with van der Waals surface area (Å²) in [5.41, 5.74) is 3.17. The van der Waals surface area contributed by atoms with Crippen LogP contribution in [0.3, 0.4) is 0 Å². The van der Waals surface area contributed by atoms with E-state index in [4.69, 9.17) is 14.7 Å². The van der Waals surface area contributed by atoms with Crippen LogP contribution in [0, 0.1) is 18.3 Å². The number of carbonyl (C=O) groups excluding carboxylic acids is 2. The summed E-state index contributed by atoms with van der Waals surface area (Å²) in [7, 11) is 0. The Hall–Kier alpha value is -3.99. The van der Waals surface area contributed by atoms with Crippen molar-refractivity contribution >= 4 is 17.6 Å². The van der Waals surface area contributed by atoms with E-state index in [2.05, 4.69) is 16.0 Å². The van der Waals surface area contributed by atoms with Crippen molar-refractivity contribution in [1.82, 2.24) is 10.6 Å². The highest BCUT2D eigenvalue weighted by Gasteiger charge is 2.32. The molecule has 0 bridgehead atoms. The number of allylic oxidation sites excluding steroid dienone is 1. The van der Waals surface area contributed by atoms with Crippen molar-refractivity contribution in [3.8, 4) is 17.6 Å². The second-order valence-electron chi connectivity index (χ2n) is 6.98. The number of benzene rings is 2. The zero-order chi connectivity index (χ0) is 22.4. The number of ether oxygens (including phenoxy) is 2. The Balaban J connectivity index is 1.96. The van der Waals surface area contributed by atoms with Crippen LogP contribution in [-0.2, 0) is 4.79 Å². The van der Waals surface area contributed by atoms with Crippen LogP contribution in [0.5, 0.6) is 11.5 Å². The van der Waals surface area contributed by atoms with Crippen molar-refractivity contribution in [1.29, 1.82) is 5.26 Å². The molecule has 0 aliphatic carbocycles. The van der Waals surface area contributed by atoms with E-state index >= 15 is 0 Å². The number of amides is 3. The molecule has 1 atom stereocenters. The van der Waals surface area contributed by atoms with Crippen LogP contribution in [0.4, 0.5) is 10.5 Å². The topological polar surface area (TPSA) is 112 Å². The molecule has 1 aliphatic rings. The molecule has 31 heavy (non-hydrogen) atoms. The van der Waals surface area contributed by atoms with E-state index in [0.29, 0.717) is 40.6 Å². The van der Waals surface area contributed by atoms with Crippen molar-refractivity contribution in [2.45, 2.75) is 26.8 Å². The molecular formula is C23H24N4O4. The molecule has 3 rings (SSSR count). The second kappa shape index (κ2) is 9.67. The molecule has 0 saturated heterocycles. The zero-order valence-corrected chi connectivity index (χ0v) is 17.6. The van der Waals surface area contributed by atoms with Gasteiger partial charge in [-0.05, 0) is 56.2 Å². The van der Waals surface area contributed by atoms with Gasteiger partial charge in [0.2, 0.25) is 0 Å². The van der Waals surface area contributed by atoms with Crippen LogP contribution in [0.2, 0.25) is 0 Å². The minimum Gasteiger partial charge on any atom is -0.490 e. The van der Waals surface area contributed by atoms with Gasteiger partial charge >= 0.3 is 6.03 Å². The van der Waals surface area contributed by atoms with Crippen LogP contribution in [0.1, 0.15) is 31.0 Å². The van der Waals surface area contributed by atoms with Gasteiger partial charge in [0.1, 0.15) is 6.07 Å². The molecule has 3 N–H and O–H groups in total. The van der Waals surface area contributed by atoms with E-state index in [1.165, 1.54) is 0 Å². The molecule has 1 heterocycles. The molecule has 2 aromatic carbocycles. The number of nitriles is 1. The predicted octanol–water partition coefficient (Wildman–Crippen LogP) is 3.56. The molecule has 0 saturated carbocycles. The van der Waals surface area contributed by atoms with Crippen LogP contribution < -0.4 is 25.4 Å². The van der Waals surface area contributed by atoms with Crippen molar-refractivity contribution < 1.29 is 19.1 Å². The van der Waals surface area contributed by atoms with Gasteiger partial charge in [-0.2, -0.15) is 5.26 Å². The van der Waals surface area contributed by atoms with Gasteiger partial charge in [-0.15, -0.1) is 0 Å². The summed E-state index contributed by atoms with van der Waals surface area (Å²) < 4.78 is 11.1. The normalized spacial score (nSPS) is 15.4. The van der Waals surface area contributed by atoms with Gasteiger partial charge in [0.15, 0.2) is 18.1 Å². The fourth-order valence-electron chi connectivity index (χ4n) is 3.37. The number of anilines is 1. The Morgan fingerprint density at radius 2 is 1.97 bits per heavy atom. The van der Waals surface area contributed by atoms with Crippen LogP contribution in [-0.4, -0.2) is 25.2 Å². The van der Waals surface area contributed by atoms with Crippen LogP contribution in [0.15, 0.2) is 53.7 Å². The number of urea groups is 1. The summed E-state index contributed by atoms with van der Waals surface area (Å²) >= 11 is 0. The molecule has 0 aromatic heterocycles. The second-order valence-corrected chi connectivity index (χ2v) is 6.98. The lowest BCUT2D eigenvalue weighted by molar-refractivity contribution is -0.113. The molecule has 1 aliphatic heterocycles. The largest absolute Gasteiger partial charge is 0.490 e. The van der Waals surface area contributed by atoms with Crippen molar-refractivity contribution in [2.24, 2.45) is 0 Å². The van der Waals surface area contributed by atoms with Crippen molar-refractivity contribution in [3.63, 3.8) is 0 Å². The molecule has 160 valence electrons. The summed E-state index contributed by atoms with van der Waals surface area (Å²) in [4.78, 5) is 25.3. The molecule has 0 radical (unpaired) electrons. The summed E-state index contributed by atoms with van der Waals surface area (Å²) in [6.45, 7) is 5.73. The first-order chi connectivity index (χ1) is 14.9. The van der Waals surface area contributed by atoms with E-state index < -0.39 is 12.1 Å². The fourth-order valence-corrected chi connectivity index (χ4v) is 3.37. The zero-order valence-electron chi connectivity index (χ0n) is 17.6. The molecular weight excluding hydrogens is 396 g/mol. The van der Waals surface area contributed by atoms with Gasteiger partial charge in [-0.3, -0.25) is 4.79 Å². The summed E-state index contributed by atoms with van der Waals surface area (Å²) in [5.74, 6) is 0.515. The number of nitrogens with zero attached hydrogens (tertiary/aromatic N) is 1. The first-order valence-electron chi connectivity index (χ1n) is 9.85. The molecule has 1 unspecified atom stereocenters. The number of hydrogen-bond donors (Lipinski definition) is 3. The lowest BCUT2D eigenvalue weighted by atomic mass is 9.94. The lowest BCUT2D eigenvalue weighted by Crippen LogP contribution is -2.46. The molecule has 2 aromatic rings. The predicted molar refractivity (Wildman–Crippen MR) is 116 cm³/mol. The number of hydrogen-bond acceptors (Lipinski definition) is 5. The summed E-state index contributed by atoms with van der Waals surface area (Å²) in [6.07, 6.45) is 0. The number of aryl methyl sites for hydroxylation is 1. The molecule has 8 nitrogen and oxygen atoms in total. The number of rotatable bonds is 7. The standard InChI is InChI=1S/C23H24N4O4/c1-4-30-19-13-16(8-9-18(19)31-11-10-24)21-20(15(3)25-23(29)27-21)22(28)26-17-7-5-6-14(2)12-17/h5-9,12-13,21H,4,11H2,1-3H3,(H,26,28)(H2,25,27,29). The Morgan fingerprint density at radius 3 is 2.68 bits per heavy atom. The molecule has 0 spiro atoms. The third-order valence-corrected chi connectivity index (χ3v) is 4.68. The molecule has 8 heteroatoms. The summed E-state index contributed by atoms with van der Waals surface area (Å²) in [6, 6.07) is 13.4. The number of nitrogens with one attached hydrogen (secondary N) is 3. The van der Waals surface area contributed by atoms with Gasteiger partial charge in [0, 0.05) is 11.4 Å². The average Bonchev–Trinajstić information content (AvgIpc) is 2.72. The van der Waals surface area contributed by atoms with E-state index in [-0.39, 0.29) is 12.5 Å². The Bertz CT molecular complexity index is 1070. The van der Waals surface area contributed by atoms with E-state index in [1.54, 1.807) is 31.2 Å². The Labute approximate surface area is 180 Å². The fraction of sp³-hybridized carbons (Fsp3) is 0.261. The van der Waals surface area contributed by atoms with Gasteiger partial charge in [-0.25, -0.2) is 4.79 Å². The first-order valence-corrected chi connectivity index (χ1v) is 9.85. The monoisotopic (exact) mass is 420 g/mol. The average molecular weight is 420 g/mol. The Kier molecular flexibility index (Phi) is 6.78. The maximum absolute atomic E-state index is 13.1. The highest BCUT2D eigenvalue weighted by Crippen LogP contribution is 2.34. The quantitative estimate of drug-likeness (QED) is 0.634. The minimum absolute atomic E-state index is 0.118.